The molecule has 0 N–H and O–H groups in total. The molecule has 2 bridgehead atoms. The van der Waals surface area contributed by atoms with Crippen molar-refractivity contribution in [2.45, 2.75) is 58.2 Å². The molecule has 2 saturated heterocycles. The van der Waals surface area contributed by atoms with E-state index >= 15 is 0 Å². The lowest BCUT2D eigenvalue weighted by atomic mass is 9.73. The molecule has 3 aliphatic rings. The smallest absolute Gasteiger partial charge is 0.159 e. The average molecular weight is 402 g/mol. The summed E-state index contributed by atoms with van der Waals surface area (Å²) in [6, 6.07) is 11.7. The molecule has 3 fully saturated rings. The van der Waals surface area contributed by atoms with Crippen LogP contribution in [0.1, 0.15) is 63.4 Å². The van der Waals surface area contributed by atoms with Crippen LogP contribution in [0.5, 0.6) is 0 Å². The van der Waals surface area contributed by atoms with E-state index in [1.165, 1.54) is 0 Å². The van der Waals surface area contributed by atoms with Crippen molar-refractivity contribution in [1.29, 1.82) is 0 Å². The molecule has 1 saturated carbocycles. The first-order valence-corrected chi connectivity index (χ1v) is 10.7. The van der Waals surface area contributed by atoms with E-state index in [2.05, 4.69) is 12.1 Å². The van der Waals surface area contributed by atoms with Gasteiger partial charge in [-0.3, -0.25) is 14.4 Å². The molecule has 4 nitrogen and oxygen atoms in total. The molecule has 4 heteroatoms. The standard InChI is InChI=1S/C26H26O4/c1-12-9-13(2)20(14(3)10-12)22-24(28)21-19-11-18(26(30-19)23(21)25(22)29)17-7-5-16(6-8-17)15(4)27/h5-10,18-19,21-23,26H,11H2,1-4H3/t18-,19-,21-,22?,23+,26+/m0/s1. The van der Waals surface area contributed by atoms with Crippen LogP contribution in [0, 0.1) is 32.6 Å². The minimum Gasteiger partial charge on any atom is -0.373 e. The number of carbonyl (C=O) groups excluding carboxylic acids is 3. The van der Waals surface area contributed by atoms with Gasteiger partial charge in [-0.1, -0.05) is 42.0 Å². The van der Waals surface area contributed by atoms with Gasteiger partial charge in [0.25, 0.3) is 0 Å². The normalized spacial score (nSPS) is 32.0. The van der Waals surface area contributed by atoms with E-state index in [9.17, 15) is 14.4 Å². The van der Waals surface area contributed by atoms with Gasteiger partial charge < -0.3 is 4.74 Å². The summed E-state index contributed by atoms with van der Waals surface area (Å²) in [6.07, 6.45) is 0.309. The van der Waals surface area contributed by atoms with Crippen LogP contribution in [0.2, 0.25) is 0 Å². The second-order valence-electron chi connectivity index (χ2n) is 9.26. The van der Waals surface area contributed by atoms with Crippen molar-refractivity contribution in [1.82, 2.24) is 0 Å². The molecule has 154 valence electrons. The fourth-order valence-corrected chi connectivity index (χ4v) is 6.18. The molecule has 2 aromatic carbocycles. The predicted molar refractivity (Wildman–Crippen MR) is 113 cm³/mol. The quantitative estimate of drug-likeness (QED) is 0.569. The van der Waals surface area contributed by atoms with Crippen molar-refractivity contribution in [2.24, 2.45) is 11.8 Å². The summed E-state index contributed by atoms with van der Waals surface area (Å²) in [5.74, 6) is -1.15. The molecule has 0 aromatic heterocycles. The summed E-state index contributed by atoms with van der Waals surface area (Å²) in [4.78, 5) is 38.5. The SMILES string of the molecule is CC(=O)c1ccc([C@@H]2C[C@@H]3O[C@H]2[C@H]2C(=O)C(c4c(C)cc(C)cc4C)C(=O)[C@H]23)cc1. The molecule has 1 unspecified atom stereocenters. The predicted octanol–water partition coefficient (Wildman–Crippen LogP) is 4.24. The summed E-state index contributed by atoms with van der Waals surface area (Å²) in [5, 5.41) is 0. The Morgan fingerprint density at radius 1 is 0.933 bits per heavy atom. The second kappa shape index (κ2) is 6.71. The summed E-state index contributed by atoms with van der Waals surface area (Å²) in [5.41, 5.74) is 5.83. The molecule has 5 rings (SSSR count). The zero-order valence-corrected chi connectivity index (χ0v) is 17.8. The van der Waals surface area contributed by atoms with Gasteiger partial charge in [-0.05, 0) is 56.4 Å². The van der Waals surface area contributed by atoms with Crippen LogP contribution in [0.3, 0.4) is 0 Å². The number of hydrogen-bond donors (Lipinski definition) is 0. The van der Waals surface area contributed by atoms with Gasteiger partial charge in [0.15, 0.2) is 17.3 Å². The number of carbonyl (C=O) groups is 3. The van der Waals surface area contributed by atoms with Crippen LogP contribution < -0.4 is 0 Å². The van der Waals surface area contributed by atoms with Gasteiger partial charge >= 0.3 is 0 Å². The maximum absolute atomic E-state index is 13.6. The fraction of sp³-hybridized carbons (Fsp3) is 0.423. The Morgan fingerprint density at radius 3 is 2.13 bits per heavy atom. The minimum atomic E-state index is -0.659. The number of fused-ring (bicyclic) bond motifs is 5. The monoisotopic (exact) mass is 402 g/mol. The lowest BCUT2D eigenvalue weighted by molar-refractivity contribution is -0.127. The van der Waals surface area contributed by atoms with Gasteiger partial charge in [-0.15, -0.1) is 0 Å². The van der Waals surface area contributed by atoms with Crippen LogP contribution >= 0.6 is 0 Å². The third-order valence-electron chi connectivity index (χ3n) is 7.35. The maximum atomic E-state index is 13.6. The van der Waals surface area contributed by atoms with Gasteiger partial charge in [0.05, 0.1) is 24.0 Å². The summed E-state index contributed by atoms with van der Waals surface area (Å²) in [6.45, 7) is 7.58. The Kier molecular flexibility index (Phi) is 4.33. The van der Waals surface area contributed by atoms with Crippen molar-refractivity contribution in [2.75, 3.05) is 0 Å². The van der Waals surface area contributed by atoms with E-state index < -0.39 is 5.92 Å². The number of benzene rings is 2. The Labute approximate surface area is 176 Å². The highest BCUT2D eigenvalue weighted by Gasteiger charge is 2.66. The molecule has 1 aliphatic carbocycles. The van der Waals surface area contributed by atoms with Crippen LogP contribution in [0.25, 0.3) is 0 Å². The lowest BCUT2D eigenvalue weighted by Gasteiger charge is -2.26. The average Bonchev–Trinajstić information content (AvgIpc) is 3.34. The molecule has 0 radical (unpaired) electrons. The van der Waals surface area contributed by atoms with Crippen molar-refractivity contribution in [3.05, 3.63) is 69.8 Å². The largest absolute Gasteiger partial charge is 0.373 e. The van der Waals surface area contributed by atoms with Gasteiger partial charge in [0.1, 0.15) is 5.92 Å². The summed E-state index contributed by atoms with van der Waals surface area (Å²) < 4.78 is 6.18. The minimum absolute atomic E-state index is 0.0256. The first-order chi connectivity index (χ1) is 14.3. The molecule has 2 aromatic rings. The van der Waals surface area contributed by atoms with Gasteiger partial charge in [0, 0.05) is 11.5 Å². The molecular formula is C26H26O4. The lowest BCUT2D eigenvalue weighted by Crippen LogP contribution is -2.34. The van der Waals surface area contributed by atoms with Gasteiger partial charge in [0.2, 0.25) is 0 Å². The van der Waals surface area contributed by atoms with E-state index in [0.29, 0.717) is 5.56 Å². The first-order valence-electron chi connectivity index (χ1n) is 10.7. The highest BCUT2D eigenvalue weighted by Crippen LogP contribution is 2.57. The topological polar surface area (TPSA) is 60.4 Å². The fourth-order valence-electron chi connectivity index (χ4n) is 6.18. The Morgan fingerprint density at radius 2 is 1.53 bits per heavy atom. The highest BCUT2D eigenvalue weighted by atomic mass is 16.5. The van der Waals surface area contributed by atoms with Crippen LogP contribution in [-0.4, -0.2) is 29.6 Å². The van der Waals surface area contributed by atoms with Crippen LogP contribution in [0.4, 0.5) is 0 Å². The number of Topliss-reactive ketones (excluding diaryl/α,β-unsaturated/α-hetero) is 3. The Bertz CT molecular complexity index is 1060. The van der Waals surface area contributed by atoms with Crippen molar-refractivity contribution < 1.29 is 19.1 Å². The van der Waals surface area contributed by atoms with E-state index in [1.807, 2.05) is 45.0 Å². The molecule has 2 aliphatic heterocycles. The first kappa shape index (κ1) is 19.4. The molecule has 6 atom stereocenters. The van der Waals surface area contributed by atoms with Crippen molar-refractivity contribution >= 4 is 17.3 Å². The summed E-state index contributed by atoms with van der Waals surface area (Å²) in [7, 11) is 0. The molecule has 2 heterocycles. The number of rotatable bonds is 3. The van der Waals surface area contributed by atoms with E-state index in [0.717, 1.165) is 34.2 Å². The van der Waals surface area contributed by atoms with Crippen LogP contribution in [-0.2, 0) is 14.3 Å². The maximum Gasteiger partial charge on any atom is 0.159 e. The Hall–Kier alpha value is -2.59. The zero-order chi connectivity index (χ0) is 21.3. The highest BCUT2D eigenvalue weighted by molar-refractivity contribution is 6.17. The zero-order valence-electron chi connectivity index (χ0n) is 17.8. The van der Waals surface area contributed by atoms with E-state index in [4.69, 9.17) is 4.74 Å². The molecule has 0 spiro atoms. The third kappa shape index (κ3) is 2.66. The van der Waals surface area contributed by atoms with E-state index in [-0.39, 0.29) is 47.3 Å². The number of aryl methyl sites for hydroxylation is 3. The second-order valence-corrected chi connectivity index (χ2v) is 9.26. The van der Waals surface area contributed by atoms with Crippen LogP contribution in [0.15, 0.2) is 36.4 Å². The van der Waals surface area contributed by atoms with Gasteiger partial charge in [-0.2, -0.15) is 0 Å². The van der Waals surface area contributed by atoms with Gasteiger partial charge in [-0.25, -0.2) is 0 Å². The van der Waals surface area contributed by atoms with E-state index in [1.54, 1.807) is 6.92 Å². The summed E-state index contributed by atoms with van der Waals surface area (Å²) >= 11 is 0. The van der Waals surface area contributed by atoms with Crippen molar-refractivity contribution in [3.63, 3.8) is 0 Å². The molecular weight excluding hydrogens is 376 g/mol. The number of hydrogen-bond acceptors (Lipinski definition) is 4. The third-order valence-corrected chi connectivity index (χ3v) is 7.35. The molecule has 30 heavy (non-hydrogen) atoms. The Balaban J connectivity index is 1.48. The molecule has 0 amide bonds. The number of ether oxygens (including phenoxy) is 1. The van der Waals surface area contributed by atoms with Crippen molar-refractivity contribution in [3.8, 4) is 0 Å². The number of ketones is 3.